The van der Waals surface area contributed by atoms with Crippen molar-refractivity contribution < 1.29 is 19.4 Å². The average Bonchev–Trinajstić information content (AvgIpc) is 2.53. The molecule has 1 fully saturated rings. The number of aromatic carboxylic acids is 1. The Labute approximate surface area is 130 Å². The van der Waals surface area contributed by atoms with Gasteiger partial charge in [0.2, 0.25) is 0 Å². The van der Waals surface area contributed by atoms with Gasteiger partial charge in [0.05, 0.1) is 19.3 Å². The number of carboxylic acid groups (broad SMARTS) is 1. The molecule has 0 aliphatic carbocycles. The van der Waals surface area contributed by atoms with E-state index in [0.717, 1.165) is 25.7 Å². The second-order valence-electron chi connectivity index (χ2n) is 5.44. The predicted molar refractivity (Wildman–Crippen MR) is 81.6 cm³/mol. The summed E-state index contributed by atoms with van der Waals surface area (Å²) in [6.07, 6.45) is 4.70. The number of anilines is 1. The van der Waals surface area contributed by atoms with Crippen LogP contribution in [0.3, 0.4) is 0 Å². The second kappa shape index (κ2) is 7.40. The highest BCUT2D eigenvalue weighted by Crippen LogP contribution is 2.23. The summed E-state index contributed by atoms with van der Waals surface area (Å²) in [5.41, 5.74) is 0.446. The zero-order chi connectivity index (χ0) is 16.1. The van der Waals surface area contributed by atoms with Gasteiger partial charge in [-0.2, -0.15) is 9.97 Å². The first-order valence-electron chi connectivity index (χ1n) is 7.60. The lowest BCUT2D eigenvalue weighted by Gasteiger charge is -2.29. The molecule has 0 saturated carbocycles. The smallest absolute Gasteiger partial charge is 0.355 e. The Morgan fingerprint density at radius 2 is 2.14 bits per heavy atom. The highest BCUT2D eigenvalue weighted by Gasteiger charge is 2.22. The van der Waals surface area contributed by atoms with Crippen LogP contribution in [0.5, 0.6) is 6.01 Å². The largest absolute Gasteiger partial charge is 0.476 e. The van der Waals surface area contributed by atoms with Gasteiger partial charge in [0.15, 0.2) is 5.69 Å². The Morgan fingerprint density at radius 3 is 2.77 bits per heavy atom. The maximum absolute atomic E-state index is 11.2. The molecule has 0 bridgehead atoms. The molecule has 0 spiro atoms. The van der Waals surface area contributed by atoms with E-state index in [1.54, 1.807) is 6.92 Å². The van der Waals surface area contributed by atoms with E-state index in [-0.39, 0.29) is 17.8 Å². The van der Waals surface area contributed by atoms with Crippen molar-refractivity contribution in [3.05, 3.63) is 11.3 Å². The fourth-order valence-electron chi connectivity index (χ4n) is 2.61. The summed E-state index contributed by atoms with van der Waals surface area (Å²) >= 11 is 0. The fourth-order valence-corrected chi connectivity index (χ4v) is 2.61. The van der Waals surface area contributed by atoms with Crippen molar-refractivity contribution in [2.24, 2.45) is 0 Å². The molecule has 2 heterocycles. The van der Waals surface area contributed by atoms with Gasteiger partial charge in [-0.3, -0.25) is 0 Å². The molecule has 0 amide bonds. The van der Waals surface area contributed by atoms with Crippen molar-refractivity contribution in [2.45, 2.75) is 51.7 Å². The molecule has 7 heteroatoms. The molecule has 1 aromatic rings. The van der Waals surface area contributed by atoms with Gasteiger partial charge in [0.1, 0.15) is 5.82 Å². The topological polar surface area (TPSA) is 93.6 Å². The summed E-state index contributed by atoms with van der Waals surface area (Å²) in [5, 5.41) is 12.4. The predicted octanol–water partition coefficient (Wildman–Crippen LogP) is 2.25. The van der Waals surface area contributed by atoms with Gasteiger partial charge in [-0.25, -0.2) is 4.79 Å². The van der Waals surface area contributed by atoms with Crippen LogP contribution in [0.25, 0.3) is 0 Å². The second-order valence-corrected chi connectivity index (χ2v) is 5.44. The normalized spacial score (nSPS) is 21.4. The number of ether oxygens (including phenoxy) is 2. The molecule has 0 aromatic carbocycles. The fraction of sp³-hybridized carbons (Fsp3) is 0.667. The molecule has 1 saturated heterocycles. The summed E-state index contributed by atoms with van der Waals surface area (Å²) in [6.45, 7) is 4.40. The van der Waals surface area contributed by atoms with Gasteiger partial charge >= 0.3 is 12.0 Å². The minimum absolute atomic E-state index is 0.0431. The molecule has 0 radical (unpaired) electrons. The van der Waals surface area contributed by atoms with Crippen molar-refractivity contribution in [3.63, 3.8) is 0 Å². The van der Waals surface area contributed by atoms with E-state index >= 15 is 0 Å². The molecule has 1 aromatic heterocycles. The van der Waals surface area contributed by atoms with Crippen LogP contribution >= 0.6 is 0 Å². The first-order valence-corrected chi connectivity index (χ1v) is 7.60. The van der Waals surface area contributed by atoms with E-state index < -0.39 is 5.97 Å². The zero-order valence-corrected chi connectivity index (χ0v) is 13.3. The number of aromatic nitrogens is 2. The Morgan fingerprint density at radius 1 is 1.41 bits per heavy atom. The maximum atomic E-state index is 11.2. The zero-order valence-electron chi connectivity index (χ0n) is 13.3. The summed E-state index contributed by atoms with van der Waals surface area (Å²) in [6, 6.07) is 0.0431. The van der Waals surface area contributed by atoms with Crippen LogP contribution in [0.2, 0.25) is 0 Å². The third-order valence-corrected chi connectivity index (χ3v) is 3.90. The van der Waals surface area contributed by atoms with Gasteiger partial charge in [0.25, 0.3) is 0 Å². The first-order chi connectivity index (χ1) is 10.5. The lowest BCUT2D eigenvalue weighted by atomic mass is 10.0. The number of nitrogens with zero attached hydrogens (tertiary/aromatic N) is 2. The number of hydrogen-bond donors (Lipinski definition) is 2. The third kappa shape index (κ3) is 3.85. The van der Waals surface area contributed by atoms with E-state index in [9.17, 15) is 9.90 Å². The van der Waals surface area contributed by atoms with Gasteiger partial charge in [-0.05, 0) is 32.6 Å². The Kier molecular flexibility index (Phi) is 5.54. The van der Waals surface area contributed by atoms with Crippen LogP contribution in [-0.4, -0.2) is 46.9 Å². The van der Waals surface area contributed by atoms with Crippen LogP contribution in [0.15, 0.2) is 0 Å². The molecule has 0 unspecified atom stereocenters. The molecule has 2 N–H and O–H groups in total. The lowest BCUT2D eigenvalue weighted by molar-refractivity contribution is -0.0435. The van der Waals surface area contributed by atoms with Gasteiger partial charge in [-0.15, -0.1) is 0 Å². The molecule has 1 aliphatic rings. The molecule has 1 aliphatic heterocycles. The van der Waals surface area contributed by atoms with Crippen molar-refractivity contribution >= 4 is 11.8 Å². The summed E-state index contributed by atoms with van der Waals surface area (Å²) in [7, 11) is 1.41. The van der Waals surface area contributed by atoms with E-state index in [1.807, 2.05) is 0 Å². The third-order valence-electron chi connectivity index (χ3n) is 3.90. The Balaban J connectivity index is 2.08. The van der Waals surface area contributed by atoms with E-state index in [1.165, 1.54) is 7.11 Å². The molecule has 2 rings (SSSR count). The summed E-state index contributed by atoms with van der Waals surface area (Å²) in [5.74, 6) is -0.618. The highest BCUT2D eigenvalue weighted by molar-refractivity contribution is 5.88. The standard InChI is InChI=1S/C15H23N3O4/c1-4-10-6-5-7-11(22-10)8-16-13-9(2)12(14(19)20)17-15(18-13)21-3/h10-11H,4-8H2,1-3H3,(H,19,20)(H,16,17,18)/t10-,11-/m1/s1. The van der Waals surface area contributed by atoms with Crippen molar-refractivity contribution in [2.75, 3.05) is 19.0 Å². The van der Waals surface area contributed by atoms with Gasteiger partial charge in [-0.1, -0.05) is 6.92 Å². The van der Waals surface area contributed by atoms with Crippen molar-refractivity contribution in [1.29, 1.82) is 0 Å². The molecule has 2 atom stereocenters. The van der Waals surface area contributed by atoms with E-state index in [4.69, 9.17) is 9.47 Å². The number of carbonyl (C=O) groups is 1. The number of hydrogen-bond acceptors (Lipinski definition) is 6. The lowest BCUT2D eigenvalue weighted by Crippen LogP contribution is -2.32. The van der Waals surface area contributed by atoms with Crippen LogP contribution < -0.4 is 10.1 Å². The van der Waals surface area contributed by atoms with Crippen molar-refractivity contribution in [3.8, 4) is 6.01 Å². The maximum Gasteiger partial charge on any atom is 0.355 e. The number of rotatable bonds is 6. The SMILES string of the molecule is CC[C@@H]1CCC[C@H](CNc2nc(OC)nc(C(=O)O)c2C)O1. The number of carboxylic acids is 1. The molecule has 22 heavy (non-hydrogen) atoms. The Bertz CT molecular complexity index is 536. The first kappa shape index (κ1) is 16.5. The molecular weight excluding hydrogens is 286 g/mol. The van der Waals surface area contributed by atoms with E-state index in [2.05, 4.69) is 22.2 Å². The summed E-state index contributed by atoms with van der Waals surface area (Å²) in [4.78, 5) is 19.3. The average molecular weight is 309 g/mol. The van der Waals surface area contributed by atoms with Gasteiger partial charge < -0.3 is 19.9 Å². The minimum atomic E-state index is -1.10. The monoisotopic (exact) mass is 309 g/mol. The molecular formula is C15H23N3O4. The van der Waals surface area contributed by atoms with Gasteiger partial charge in [0, 0.05) is 12.1 Å². The van der Waals surface area contributed by atoms with Crippen LogP contribution in [0.4, 0.5) is 5.82 Å². The Hall–Kier alpha value is -1.89. The van der Waals surface area contributed by atoms with Crippen molar-refractivity contribution in [1.82, 2.24) is 9.97 Å². The number of methoxy groups -OCH3 is 1. The van der Waals surface area contributed by atoms with Crippen LogP contribution in [-0.2, 0) is 4.74 Å². The summed E-state index contributed by atoms with van der Waals surface area (Å²) < 4.78 is 10.9. The van der Waals surface area contributed by atoms with Crippen LogP contribution in [0, 0.1) is 6.92 Å². The molecule has 122 valence electrons. The van der Waals surface area contributed by atoms with Crippen LogP contribution in [0.1, 0.15) is 48.7 Å². The highest BCUT2D eigenvalue weighted by atomic mass is 16.5. The molecule has 7 nitrogen and oxygen atoms in total. The number of nitrogens with one attached hydrogen (secondary N) is 1. The van der Waals surface area contributed by atoms with E-state index in [0.29, 0.717) is 24.0 Å². The minimum Gasteiger partial charge on any atom is -0.476 e. The quantitative estimate of drug-likeness (QED) is 0.832.